The largest absolute Gasteiger partial charge is 0.355 e. The first-order valence-electron chi connectivity index (χ1n) is 13.8. The average molecular weight is 485 g/mol. The predicted molar refractivity (Wildman–Crippen MR) is 143 cm³/mol. The number of benzene rings is 2. The van der Waals surface area contributed by atoms with Gasteiger partial charge in [0.25, 0.3) is 5.91 Å². The summed E-state index contributed by atoms with van der Waals surface area (Å²) in [5.74, 6) is -0.00824. The molecular formula is C30H36N4O2. The number of nitrogens with zero attached hydrogens (tertiary/aromatic N) is 2. The second-order valence-electron chi connectivity index (χ2n) is 10.6. The molecule has 2 aliphatic heterocycles. The van der Waals surface area contributed by atoms with Crippen LogP contribution in [0.4, 0.5) is 10.5 Å². The maximum Gasteiger partial charge on any atom is 0.319 e. The van der Waals surface area contributed by atoms with Gasteiger partial charge < -0.3 is 20.1 Å². The van der Waals surface area contributed by atoms with Gasteiger partial charge in [-0.2, -0.15) is 0 Å². The summed E-state index contributed by atoms with van der Waals surface area (Å²) < 4.78 is 0. The minimum absolute atomic E-state index is 0.00824. The summed E-state index contributed by atoms with van der Waals surface area (Å²) in [4.78, 5) is 36.1. The molecule has 1 aromatic heterocycles. The van der Waals surface area contributed by atoms with Gasteiger partial charge >= 0.3 is 6.03 Å². The molecule has 6 rings (SSSR count). The highest BCUT2D eigenvalue weighted by molar-refractivity contribution is 6.12. The van der Waals surface area contributed by atoms with E-state index in [9.17, 15) is 9.59 Å². The second kappa shape index (κ2) is 9.30. The second-order valence-corrected chi connectivity index (χ2v) is 10.6. The first-order chi connectivity index (χ1) is 17.7. The van der Waals surface area contributed by atoms with Crippen LogP contribution in [0.25, 0.3) is 10.9 Å². The van der Waals surface area contributed by atoms with Gasteiger partial charge in [-0.15, -0.1) is 0 Å². The summed E-state index contributed by atoms with van der Waals surface area (Å²) in [5, 5.41) is 4.47. The third kappa shape index (κ3) is 3.45. The van der Waals surface area contributed by atoms with E-state index in [1.165, 1.54) is 6.42 Å². The van der Waals surface area contributed by atoms with Crippen LogP contribution in [-0.2, 0) is 16.8 Å². The molecule has 0 bridgehead atoms. The van der Waals surface area contributed by atoms with E-state index in [-0.39, 0.29) is 18.0 Å². The first kappa shape index (κ1) is 23.1. The molecule has 6 heteroatoms. The molecule has 36 heavy (non-hydrogen) atoms. The molecule has 2 aromatic carbocycles. The van der Waals surface area contributed by atoms with Crippen LogP contribution in [0.2, 0.25) is 0 Å². The number of urea groups is 1. The molecule has 6 nitrogen and oxygen atoms in total. The monoisotopic (exact) mass is 484 g/mol. The van der Waals surface area contributed by atoms with E-state index in [0.29, 0.717) is 13.1 Å². The third-order valence-corrected chi connectivity index (χ3v) is 8.47. The summed E-state index contributed by atoms with van der Waals surface area (Å²) in [5.41, 5.74) is 3.72. The number of H-pyrrole nitrogens is 1. The lowest BCUT2D eigenvalue weighted by molar-refractivity contribution is -0.126. The summed E-state index contributed by atoms with van der Waals surface area (Å²) in [6, 6.07) is 16.4. The van der Waals surface area contributed by atoms with E-state index < -0.39 is 5.54 Å². The van der Waals surface area contributed by atoms with E-state index >= 15 is 0 Å². The standard InChI is InChI=1S/C30H36N4O2/c1-2-3-11-19-33-26-17-10-8-15-24(26)30(28(33)35)27-23(22-14-7-9-16-25(22)32-27)18-20-34(30)29(36)31-21-12-5-4-6-13-21/h7-10,14-17,21,32H,2-6,11-13,18-20H2,1H3,(H,31,36). The van der Waals surface area contributed by atoms with Gasteiger partial charge in [0.2, 0.25) is 0 Å². The van der Waals surface area contributed by atoms with Gasteiger partial charge in [-0.25, -0.2) is 4.79 Å². The highest BCUT2D eigenvalue weighted by Crippen LogP contribution is 2.52. The van der Waals surface area contributed by atoms with Crippen molar-refractivity contribution in [3.05, 3.63) is 65.4 Å². The maximum absolute atomic E-state index is 14.7. The van der Waals surface area contributed by atoms with Gasteiger partial charge in [0.15, 0.2) is 5.54 Å². The zero-order chi connectivity index (χ0) is 24.7. The molecule has 1 fully saturated rings. The predicted octanol–water partition coefficient (Wildman–Crippen LogP) is 5.85. The Morgan fingerprint density at radius 3 is 2.67 bits per heavy atom. The van der Waals surface area contributed by atoms with Crippen molar-refractivity contribution in [3.63, 3.8) is 0 Å². The van der Waals surface area contributed by atoms with Gasteiger partial charge in [-0.1, -0.05) is 75.4 Å². The van der Waals surface area contributed by atoms with Crippen molar-refractivity contribution in [2.45, 2.75) is 76.3 Å². The number of rotatable bonds is 5. The Hall–Kier alpha value is -3.28. The van der Waals surface area contributed by atoms with Crippen molar-refractivity contribution in [2.24, 2.45) is 0 Å². The minimum atomic E-state index is -1.17. The number of hydrogen-bond donors (Lipinski definition) is 2. The highest BCUT2D eigenvalue weighted by Gasteiger charge is 2.60. The highest BCUT2D eigenvalue weighted by atomic mass is 16.2. The number of carbonyl (C=O) groups is 2. The molecule has 1 aliphatic carbocycles. The molecule has 3 aliphatic rings. The lowest BCUT2D eigenvalue weighted by atomic mass is 9.80. The summed E-state index contributed by atoms with van der Waals surface area (Å²) in [6.45, 7) is 3.35. The fraction of sp³-hybridized carbons (Fsp3) is 0.467. The fourth-order valence-electron chi connectivity index (χ4n) is 6.73. The fourth-order valence-corrected chi connectivity index (χ4v) is 6.73. The zero-order valence-corrected chi connectivity index (χ0v) is 21.2. The number of fused-ring (bicyclic) bond motifs is 6. The van der Waals surface area contributed by atoms with Gasteiger partial charge in [0.05, 0.1) is 11.4 Å². The van der Waals surface area contributed by atoms with Crippen molar-refractivity contribution in [1.29, 1.82) is 0 Å². The molecule has 1 unspecified atom stereocenters. The Balaban J connectivity index is 1.51. The van der Waals surface area contributed by atoms with Gasteiger partial charge in [-0.05, 0) is 43.4 Å². The van der Waals surface area contributed by atoms with Crippen molar-refractivity contribution in [1.82, 2.24) is 15.2 Å². The third-order valence-electron chi connectivity index (χ3n) is 8.47. The quantitative estimate of drug-likeness (QED) is 0.446. The number of nitrogens with one attached hydrogen (secondary N) is 2. The number of para-hydroxylation sites is 2. The van der Waals surface area contributed by atoms with Crippen molar-refractivity contribution >= 4 is 28.5 Å². The molecule has 1 atom stereocenters. The van der Waals surface area contributed by atoms with Crippen molar-refractivity contribution in [2.75, 3.05) is 18.0 Å². The number of amides is 3. The molecule has 3 amide bonds. The molecule has 1 spiro atoms. The number of unbranched alkanes of at least 4 members (excludes halogenated alkanes) is 2. The molecule has 1 saturated carbocycles. The SMILES string of the molecule is CCCCCN1C(=O)C2(c3ccccc31)c1[nH]c3ccccc3c1CCN2C(=O)NC1CCCCC1. The summed E-state index contributed by atoms with van der Waals surface area (Å²) in [7, 11) is 0. The average Bonchev–Trinajstić information content (AvgIpc) is 3.40. The first-order valence-corrected chi connectivity index (χ1v) is 13.8. The van der Waals surface area contributed by atoms with E-state index in [0.717, 1.165) is 84.8 Å². The molecule has 3 heterocycles. The number of aromatic amines is 1. The Morgan fingerprint density at radius 2 is 1.83 bits per heavy atom. The number of anilines is 1. The molecule has 0 radical (unpaired) electrons. The van der Waals surface area contributed by atoms with Crippen LogP contribution in [0, 0.1) is 0 Å². The Morgan fingerprint density at radius 1 is 1.06 bits per heavy atom. The number of carbonyl (C=O) groups excluding carboxylic acids is 2. The molecule has 0 saturated heterocycles. The molecule has 3 aromatic rings. The number of hydrogen-bond acceptors (Lipinski definition) is 2. The minimum Gasteiger partial charge on any atom is -0.355 e. The lowest BCUT2D eigenvalue weighted by Crippen LogP contribution is -2.62. The van der Waals surface area contributed by atoms with Crippen molar-refractivity contribution in [3.8, 4) is 0 Å². The Kier molecular flexibility index (Phi) is 5.98. The van der Waals surface area contributed by atoms with E-state index in [4.69, 9.17) is 0 Å². The molecule has 188 valence electrons. The van der Waals surface area contributed by atoms with E-state index in [1.807, 2.05) is 40.1 Å². The van der Waals surface area contributed by atoms with Crippen LogP contribution in [0.5, 0.6) is 0 Å². The van der Waals surface area contributed by atoms with Crippen LogP contribution in [0.3, 0.4) is 0 Å². The topological polar surface area (TPSA) is 68.4 Å². The smallest absolute Gasteiger partial charge is 0.319 e. The maximum atomic E-state index is 14.7. The normalized spacial score (nSPS) is 21.8. The van der Waals surface area contributed by atoms with Crippen LogP contribution in [0.15, 0.2) is 48.5 Å². The summed E-state index contributed by atoms with van der Waals surface area (Å²) >= 11 is 0. The van der Waals surface area contributed by atoms with Gasteiger partial charge in [0, 0.05) is 35.6 Å². The van der Waals surface area contributed by atoms with Crippen LogP contribution >= 0.6 is 0 Å². The Bertz CT molecular complexity index is 1290. The number of aromatic nitrogens is 1. The van der Waals surface area contributed by atoms with Crippen LogP contribution in [-0.4, -0.2) is 41.0 Å². The van der Waals surface area contributed by atoms with Gasteiger partial charge in [0.1, 0.15) is 0 Å². The molecule has 2 N–H and O–H groups in total. The van der Waals surface area contributed by atoms with Crippen molar-refractivity contribution < 1.29 is 9.59 Å². The van der Waals surface area contributed by atoms with E-state index in [1.54, 1.807) is 0 Å². The summed E-state index contributed by atoms with van der Waals surface area (Å²) in [6.07, 6.45) is 9.39. The Labute approximate surface area is 213 Å². The lowest BCUT2D eigenvalue weighted by Gasteiger charge is -2.44. The molecular weight excluding hydrogens is 448 g/mol. The van der Waals surface area contributed by atoms with Crippen LogP contribution < -0.4 is 10.2 Å². The van der Waals surface area contributed by atoms with Gasteiger partial charge in [-0.3, -0.25) is 4.79 Å². The zero-order valence-electron chi connectivity index (χ0n) is 21.2. The van der Waals surface area contributed by atoms with Crippen LogP contribution in [0.1, 0.15) is 75.1 Å². The van der Waals surface area contributed by atoms with E-state index in [2.05, 4.69) is 35.4 Å².